The minimum atomic E-state index is 0.150. The summed E-state index contributed by atoms with van der Waals surface area (Å²) < 4.78 is 7.56. The first-order valence-corrected chi connectivity index (χ1v) is 7.77. The second-order valence-corrected chi connectivity index (χ2v) is 7.60. The van der Waals surface area contributed by atoms with Crippen LogP contribution < -0.4 is 5.32 Å². The number of hydrogen-bond acceptors (Lipinski definition) is 4. The normalized spacial score (nSPS) is 23.1. The summed E-state index contributed by atoms with van der Waals surface area (Å²) in [6.45, 7) is 11.4. The van der Waals surface area contributed by atoms with Crippen LogP contribution in [0.5, 0.6) is 0 Å². The van der Waals surface area contributed by atoms with Crippen LogP contribution in [-0.4, -0.2) is 53.6 Å². The summed E-state index contributed by atoms with van der Waals surface area (Å²) in [5.41, 5.74) is 1.64. The van der Waals surface area contributed by atoms with Gasteiger partial charge >= 0.3 is 0 Å². The van der Waals surface area contributed by atoms with Gasteiger partial charge in [-0.05, 0) is 34.2 Å². The number of rotatable bonds is 6. The number of nitrogens with one attached hydrogen (secondary N) is 1. The molecule has 1 N–H and O–H groups in total. The van der Waals surface area contributed by atoms with Gasteiger partial charge in [-0.1, -0.05) is 0 Å². The SMILES string of the molecule is CN(Cc1cnn(C)c1)CC1(CNC(C)(C)C)CCOC1. The van der Waals surface area contributed by atoms with Crippen molar-refractivity contribution in [2.75, 3.05) is 33.4 Å². The van der Waals surface area contributed by atoms with Gasteiger partial charge in [0.1, 0.15) is 0 Å². The first-order chi connectivity index (χ1) is 9.78. The third-order valence-corrected chi connectivity index (χ3v) is 3.99. The van der Waals surface area contributed by atoms with Crippen LogP contribution in [0.25, 0.3) is 0 Å². The predicted molar refractivity (Wildman–Crippen MR) is 85.2 cm³/mol. The summed E-state index contributed by atoms with van der Waals surface area (Å²) >= 11 is 0. The van der Waals surface area contributed by atoms with Crippen molar-refractivity contribution in [3.8, 4) is 0 Å². The third kappa shape index (κ3) is 5.09. The maximum Gasteiger partial charge on any atom is 0.0547 e. The van der Waals surface area contributed by atoms with Crippen molar-refractivity contribution in [1.82, 2.24) is 20.0 Å². The van der Waals surface area contributed by atoms with Gasteiger partial charge in [-0.2, -0.15) is 5.10 Å². The Bertz CT molecular complexity index is 443. The molecule has 1 aromatic heterocycles. The largest absolute Gasteiger partial charge is 0.381 e. The van der Waals surface area contributed by atoms with Crippen molar-refractivity contribution in [3.63, 3.8) is 0 Å². The summed E-state index contributed by atoms with van der Waals surface area (Å²) in [5.74, 6) is 0. The summed E-state index contributed by atoms with van der Waals surface area (Å²) in [4.78, 5) is 2.38. The molecule has 2 rings (SSSR count). The number of aryl methyl sites for hydroxylation is 1. The van der Waals surface area contributed by atoms with Crippen LogP contribution in [-0.2, 0) is 18.3 Å². The fourth-order valence-electron chi connectivity index (χ4n) is 2.92. The van der Waals surface area contributed by atoms with E-state index >= 15 is 0 Å². The summed E-state index contributed by atoms with van der Waals surface area (Å²) in [7, 11) is 4.15. The lowest BCUT2D eigenvalue weighted by molar-refractivity contribution is 0.111. The number of aromatic nitrogens is 2. The molecule has 1 unspecified atom stereocenters. The van der Waals surface area contributed by atoms with Gasteiger partial charge in [0.15, 0.2) is 0 Å². The van der Waals surface area contributed by atoms with E-state index in [0.29, 0.717) is 0 Å². The molecule has 1 aromatic rings. The fourth-order valence-corrected chi connectivity index (χ4v) is 2.92. The molecule has 0 aromatic carbocycles. The zero-order valence-electron chi connectivity index (χ0n) is 14.1. The molecule has 0 amide bonds. The Morgan fingerprint density at radius 1 is 1.48 bits per heavy atom. The maximum absolute atomic E-state index is 5.70. The van der Waals surface area contributed by atoms with Gasteiger partial charge in [-0.25, -0.2) is 0 Å². The Balaban J connectivity index is 1.92. The second kappa shape index (κ2) is 6.46. The molecule has 2 heterocycles. The van der Waals surface area contributed by atoms with E-state index in [4.69, 9.17) is 4.74 Å². The molecule has 1 fully saturated rings. The van der Waals surface area contributed by atoms with Crippen molar-refractivity contribution in [1.29, 1.82) is 0 Å². The van der Waals surface area contributed by atoms with Crippen LogP contribution in [0.2, 0.25) is 0 Å². The number of hydrogen-bond donors (Lipinski definition) is 1. The molecule has 1 aliphatic heterocycles. The smallest absolute Gasteiger partial charge is 0.0547 e. The Morgan fingerprint density at radius 3 is 2.76 bits per heavy atom. The highest BCUT2D eigenvalue weighted by Gasteiger charge is 2.36. The first kappa shape index (κ1) is 16.5. The lowest BCUT2D eigenvalue weighted by Gasteiger charge is -2.35. The Labute approximate surface area is 128 Å². The average Bonchev–Trinajstić information content (AvgIpc) is 2.96. The zero-order valence-corrected chi connectivity index (χ0v) is 14.1. The van der Waals surface area contributed by atoms with Crippen molar-refractivity contribution < 1.29 is 4.74 Å². The highest BCUT2D eigenvalue weighted by Crippen LogP contribution is 2.30. The Hall–Kier alpha value is -0.910. The quantitative estimate of drug-likeness (QED) is 0.866. The average molecular weight is 294 g/mol. The monoisotopic (exact) mass is 294 g/mol. The standard InChI is InChI=1S/C16H30N4O/c1-15(2,3)17-11-16(6-7-21-13-16)12-19(4)9-14-8-18-20(5)10-14/h8,10,17H,6-7,9,11-13H2,1-5H3. The molecule has 1 atom stereocenters. The van der Waals surface area contributed by atoms with Gasteiger partial charge in [-0.3, -0.25) is 4.68 Å². The van der Waals surface area contributed by atoms with Crippen LogP contribution >= 0.6 is 0 Å². The minimum absolute atomic E-state index is 0.150. The van der Waals surface area contributed by atoms with Gasteiger partial charge in [0.25, 0.3) is 0 Å². The lowest BCUT2D eigenvalue weighted by Crippen LogP contribution is -2.48. The number of nitrogens with zero attached hydrogens (tertiary/aromatic N) is 3. The van der Waals surface area contributed by atoms with E-state index in [9.17, 15) is 0 Å². The van der Waals surface area contributed by atoms with Gasteiger partial charge in [-0.15, -0.1) is 0 Å². The molecular formula is C16H30N4O. The molecule has 0 saturated carbocycles. The van der Waals surface area contributed by atoms with Gasteiger partial charge < -0.3 is 15.0 Å². The molecule has 1 aliphatic rings. The maximum atomic E-state index is 5.70. The Morgan fingerprint density at radius 2 is 2.24 bits per heavy atom. The molecule has 5 nitrogen and oxygen atoms in total. The van der Waals surface area contributed by atoms with Crippen LogP contribution in [0, 0.1) is 5.41 Å². The molecule has 21 heavy (non-hydrogen) atoms. The molecule has 0 bridgehead atoms. The fraction of sp³-hybridized carbons (Fsp3) is 0.812. The highest BCUT2D eigenvalue weighted by molar-refractivity contribution is 5.03. The Kier molecular flexibility index (Phi) is 5.07. The van der Waals surface area contributed by atoms with E-state index in [2.05, 4.69) is 49.3 Å². The van der Waals surface area contributed by atoms with Gasteiger partial charge in [0.2, 0.25) is 0 Å². The van der Waals surface area contributed by atoms with E-state index in [1.54, 1.807) is 0 Å². The first-order valence-electron chi connectivity index (χ1n) is 7.77. The van der Waals surface area contributed by atoms with E-state index < -0.39 is 0 Å². The molecule has 1 saturated heterocycles. The third-order valence-electron chi connectivity index (χ3n) is 3.99. The van der Waals surface area contributed by atoms with Crippen LogP contribution in [0.1, 0.15) is 32.8 Å². The van der Waals surface area contributed by atoms with Crippen molar-refractivity contribution in [3.05, 3.63) is 18.0 Å². The van der Waals surface area contributed by atoms with Crippen molar-refractivity contribution >= 4 is 0 Å². The van der Waals surface area contributed by atoms with Crippen LogP contribution in [0.3, 0.4) is 0 Å². The molecular weight excluding hydrogens is 264 g/mol. The van der Waals surface area contributed by atoms with Crippen LogP contribution in [0.4, 0.5) is 0 Å². The molecule has 0 spiro atoms. The summed E-state index contributed by atoms with van der Waals surface area (Å²) in [6, 6.07) is 0. The topological polar surface area (TPSA) is 42.3 Å². The predicted octanol–water partition coefficient (Wildman–Crippen LogP) is 1.65. The molecule has 0 aliphatic carbocycles. The lowest BCUT2D eigenvalue weighted by atomic mass is 9.85. The molecule has 0 radical (unpaired) electrons. The van der Waals surface area contributed by atoms with E-state index in [1.807, 2.05) is 17.9 Å². The van der Waals surface area contributed by atoms with Crippen LogP contribution in [0.15, 0.2) is 12.4 Å². The summed E-state index contributed by atoms with van der Waals surface area (Å²) in [5, 5.41) is 7.90. The summed E-state index contributed by atoms with van der Waals surface area (Å²) in [6.07, 6.45) is 5.16. The van der Waals surface area contributed by atoms with Crippen molar-refractivity contribution in [2.24, 2.45) is 12.5 Å². The van der Waals surface area contributed by atoms with Crippen molar-refractivity contribution in [2.45, 2.75) is 39.3 Å². The van der Waals surface area contributed by atoms with E-state index in [0.717, 1.165) is 39.3 Å². The van der Waals surface area contributed by atoms with E-state index in [-0.39, 0.29) is 11.0 Å². The van der Waals surface area contributed by atoms with Gasteiger partial charge in [0, 0.05) is 56.0 Å². The van der Waals surface area contributed by atoms with Gasteiger partial charge in [0.05, 0.1) is 12.8 Å². The highest BCUT2D eigenvalue weighted by atomic mass is 16.5. The zero-order chi connectivity index (χ0) is 15.5. The van der Waals surface area contributed by atoms with E-state index in [1.165, 1.54) is 5.56 Å². The molecule has 120 valence electrons. The second-order valence-electron chi connectivity index (χ2n) is 7.60. The minimum Gasteiger partial charge on any atom is -0.381 e. The molecule has 5 heteroatoms. The number of ether oxygens (including phenoxy) is 1.